The molecule has 0 N–H and O–H groups in total. The van der Waals surface area contributed by atoms with Gasteiger partial charge in [-0.2, -0.15) is 8.42 Å². The normalized spacial score (nSPS) is 17.3. The Morgan fingerprint density at radius 3 is 2.72 bits per heavy atom. The van der Waals surface area contributed by atoms with Crippen LogP contribution in [0.1, 0.15) is 24.0 Å². The summed E-state index contributed by atoms with van der Waals surface area (Å²) in [5.41, 5.74) is 2.71. The van der Waals surface area contributed by atoms with Crippen LogP contribution in [0.4, 0.5) is 0 Å². The van der Waals surface area contributed by atoms with E-state index < -0.39 is 10.1 Å². The number of fused-ring (bicyclic) bond motifs is 1. The average molecular weight is 269 g/mol. The van der Waals surface area contributed by atoms with Gasteiger partial charge in [-0.3, -0.25) is 4.28 Å². The highest BCUT2D eigenvalue weighted by Gasteiger charge is 2.17. The molecule has 1 aliphatic rings. The molecule has 18 heavy (non-hydrogen) atoms. The van der Waals surface area contributed by atoms with Crippen LogP contribution < -0.4 is 4.74 Å². The molecule has 1 aliphatic carbocycles. The second-order valence-electron chi connectivity index (χ2n) is 4.19. The van der Waals surface area contributed by atoms with Gasteiger partial charge in [-0.15, -0.1) is 0 Å². The highest BCUT2D eigenvalue weighted by atomic mass is 32.2. The van der Waals surface area contributed by atoms with E-state index in [-0.39, 0.29) is 0 Å². The summed E-state index contributed by atoms with van der Waals surface area (Å²) in [6, 6.07) is 5.67. The van der Waals surface area contributed by atoms with E-state index in [0.29, 0.717) is 5.71 Å². The number of aryl methyl sites for hydroxylation is 1. The van der Waals surface area contributed by atoms with E-state index in [1.165, 1.54) is 0 Å². The fourth-order valence-corrected chi connectivity index (χ4v) is 2.20. The van der Waals surface area contributed by atoms with Crippen molar-refractivity contribution in [3.8, 4) is 5.75 Å². The monoisotopic (exact) mass is 269 g/mol. The zero-order valence-corrected chi connectivity index (χ0v) is 11.2. The van der Waals surface area contributed by atoms with Crippen LogP contribution in [-0.4, -0.2) is 27.5 Å². The summed E-state index contributed by atoms with van der Waals surface area (Å²) >= 11 is 0. The van der Waals surface area contributed by atoms with Crippen molar-refractivity contribution in [1.29, 1.82) is 0 Å². The Morgan fingerprint density at radius 2 is 2.06 bits per heavy atom. The molecule has 0 aromatic heterocycles. The number of oxime groups is 1. The summed E-state index contributed by atoms with van der Waals surface area (Å²) in [5.74, 6) is 0.791. The van der Waals surface area contributed by atoms with Crippen LogP contribution in [0, 0.1) is 0 Å². The summed E-state index contributed by atoms with van der Waals surface area (Å²) in [6.07, 6.45) is 3.56. The molecule has 2 rings (SSSR count). The number of rotatable bonds is 3. The topological polar surface area (TPSA) is 65.0 Å². The molecule has 0 radical (unpaired) electrons. The van der Waals surface area contributed by atoms with Crippen molar-refractivity contribution in [2.24, 2.45) is 5.16 Å². The Morgan fingerprint density at radius 1 is 1.28 bits per heavy atom. The smallest absolute Gasteiger partial charge is 0.325 e. The minimum Gasteiger partial charge on any atom is -0.497 e. The standard InChI is InChI=1S/C12H15NO4S/c1-16-10-6-7-11-9(8-10)4-3-5-12(11)13-17-18(2,14)15/h6-8H,3-5H2,1-2H3/b13-12+. The Kier molecular flexibility index (Phi) is 3.56. The molecule has 6 heteroatoms. The third-order valence-corrected chi connectivity index (χ3v) is 3.11. The molecule has 0 heterocycles. The minimum absolute atomic E-state index is 0.671. The molecule has 0 fully saturated rings. The first-order valence-corrected chi connectivity index (χ1v) is 7.44. The minimum atomic E-state index is -3.55. The van der Waals surface area contributed by atoms with E-state index in [0.717, 1.165) is 42.4 Å². The Hall–Kier alpha value is -1.56. The van der Waals surface area contributed by atoms with Gasteiger partial charge in [0.1, 0.15) is 5.75 Å². The van der Waals surface area contributed by atoms with Gasteiger partial charge in [0, 0.05) is 5.56 Å². The number of nitrogens with zero attached hydrogens (tertiary/aromatic N) is 1. The van der Waals surface area contributed by atoms with Gasteiger partial charge in [-0.25, -0.2) is 0 Å². The Labute approximate surface area is 107 Å². The van der Waals surface area contributed by atoms with E-state index in [9.17, 15) is 8.42 Å². The zero-order chi connectivity index (χ0) is 13.2. The van der Waals surface area contributed by atoms with E-state index in [1.54, 1.807) is 7.11 Å². The molecular weight excluding hydrogens is 254 g/mol. The first-order valence-electron chi connectivity index (χ1n) is 5.62. The fourth-order valence-electron chi connectivity index (χ4n) is 1.97. The first-order chi connectivity index (χ1) is 8.49. The lowest BCUT2D eigenvalue weighted by Crippen LogP contribution is -2.13. The van der Waals surface area contributed by atoms with E-state index in [1.807, 2.05) is 18.2 Å². The van der Waals surface area contributed by atoms with Crippen LogP contribution in [0.2, 0.25) is 0 Å². The SMILES string of the molecule is COc1ccc2c(c1)CCC/C2=N\OS(C)(=O)=O. The van der Waals surface area contributed by atoms with Gasteiger partial charge in [-0.1, -0.05) is 5.16 Å². The van der Waals surface area contributed by atoms with Crippen molar-refractivity contribution in [2.45, 2.75) is 19.3 Å². The van der Waals surface area contributed by atoms with Gasteiger partial charge in [0.15, 0.2) is 0 Å². The molecule has 0 aliphatic heterocycles. The van der Waals surface area contributed by atoms with Crippen molar-refractivity contribution < 1.29 is 17.4 Å². The van der Waals surface area contributed by atoms with Gasteiger partial charge in [0.25, 0.3) is 0 Å². The molecule has 0 spiro atoms. The molecule has 0 saturated heterocycles. The predicted molar refractivity (Wildman–Crippen MR) is 68.4 cm³/mol. The Bertz CT molecular complexity index is 578. The molecule has 0 unspecified atom stereocenters. The lowest BCUT2D eigenvalue weighted by Gasteiger charge is -2.17. The quantitative estimate of drug-likeness (QED) is 0.784. The predicted octanol–water partition coefficient (Wildman–Crippen LogP) is 1.71. The molecule has 0 bridgehead atoms. The van der Waals surface area contributed by atoms with E-state index >= 15 is 0 Å². The lowest BCUT2D eigenvalue weighted by atomic mass is 9.90. The number of hydrogen-bond acceptors (Lipinski definition) is 5. The van der Waals surface area contributed by atoms with Crippen molar-refractivity contribution in [1.82, 2.24) is 0 Å². The molecule has 5 nitrogen and oxygen atoms in total. The second-order valence-corrected chi connectivity index (χ2v) is 5.75. The maximum absolute atomic E-state index is 10.9. The maximum atomic E-state index is 10.9. The van der Waals surface area contributed by atoms with Crippen LogP contribution in [0.3, 0.4) is 0 Å². The van der Waals surface area contributed by atoms with Gasteiger partial charge >= 0.3 is 10.1 Å². The number of benzene rings is 1. The third-order valence-electron chi connectivity index (χ3n) is 2.77. The van der Waals surface area contributed by atoms with Crippen LogP contribution in [0.15, 0.2) is 23.4 Å². The average Bonchev–Trinajstić information content (AvgIpc) is 2.34. The van der Waals surface area contributed by atoms with Gasteiger partial charge in [0.05, 0.1) is 19.1 Å². The third kappa shape index (κ3) is 3.01. The second kappa shape index (κ2) is 4.97. The summed E-state index contributed by atoms with van der Waals surface area (Å²) in [6.45, 7) is 0. The molecule has 1 aromatic rings. The van der Waals surface area contributed by atoms with E-state index in [2.05, 4.69) is 9.44 Å². The van der Waals surface area contributed by atoms with Gasteiger partial charge in [0.2, 0.25) is 0 Å². The van der Waals surface area contributed by atoms with Crippen molar-refractivity contribution in [2.75, 3.05) is 13.4 Å². The van der Waals surface area contributed by atoms with Crippen LogP contribution in [-0.2, 0) is 20.8 Å². The number of hydrogen-bond donors (Lipinski definition) is 0. The largest absolute Gasteiger partial charge is 0.497 e. The number of ether oxygens (including phenoxy) is 1. The molecule has 0 amide bonds. The number of methoxy groups -OCH3 is 1. The van der Waals surface area contributed by atoms with Crippen LogP contribution in [0.25, 0.3) is 0 Å². The molecular formula is C12H15NO4S. The zero-order valence-electron chi connectivity index (χ0n) is 10.3. The van der Waals surface area contributed by atoms with Crippen molar-refractivity contribution in [3.63, 3.8) is 0 Å². The molecule has 0 saturated carbocycles. The summed E-state index contributed by atoms with van der Waals surface area (Å²) < 4.78 is 31.5. The molecule has 0 atom stereocenters. The van der Waals surface area contributed by atoms with Crippen LogP contribution in [0.5, 0.6) is 5.75 Å². The fraction of sp³-hybridized carbons (Fsp3) is 0.417. The molecule has 1 aromatic carbocycles. The highest BCUT2D eigenvalue weighted by molar-refractivity contribution is 7.85. The maximum Gasteiger partial charge on any atom is 0.325 e. The Balaban J connectivity index is 2.33. The van der Waals surface area contributed by atoms with E-state index in [4.69, 9.17) is 4.74 Å². The van der Waals surface area contributed by atoms with Crippen molar-refractivity contribution >= 4 is 15.8 Å². The lowest BCUT2D eigenvalue weighted by molar-refractivity contribution is 0.341. The molecule has 98 valence electrons. The summed E-state index contributed by atoms with van der Waals surface area (Å²) in [7, 11) is -1.93. The van der Waals surface area contributed by atoms with Crippen LogP contribution >= 0.6 is 0 Å². The summed E-state index contributed by atoms with van der Waals surface area (Å²) in [4.78, 5) is 0. The summed E-state index contributed by atoms with van der Waals surface area (Å²) in [5, 5.41) is 3.74. The van der Waals surface area contributed by atoms with Gasteiger partial charge < -0.3 is 4.74 Å². The van der Waals surface area contributed by atoms with Crippen molar-refractivity contribution in [3.05, 3.63) is 29.3 Å². The first kappa shape index (κ1) is 12.9. The van der Waals surface area contributed by atoms with Gasteiger partial charge in [-0.05, 0) is 43.0 Å². The highest BCUT2D eigenvalue weighted by Crippen LogP contribution is 2.26.